The summed E-state index contributed by atoms with van der Waals surface area (Å²) in [5.41, 5.74) is 1.25. The van der Waals surface area contributed by atoms with Gasteiger partial charge in [0.1, 0.15) is 0 Å². The Bertz CT molecular complexity index is 408. The molecule has 2 heterocycles. The molecule has 1 unspecified atom stereocenters. The molecular formula is C16H28N4. The van der Waals surface area contributed by atoms with Crippen LogP contribution in [-0.4, -0.2) is 40.9 Å². The predicted octanol–water partition coefficient (Wildman–Crippen LogP) is 2.57. The molecule has 1 atom stereocenters. The van der Waals surface area contributed by atoms with Gasteiger partial charge in [-0.3, -0.25) is 9.58 Å². The highest BCUT2D eigenvalue weighted by Gasteiger charge is 2.24. The molecule has 1 N–H and O–H groups in total. The van der Waals surface area contributed by atoms with E-state index in [2.05, 4.69) is 27.2 Å². The van der Waals surface area contributed by atoms with E-state index in [-0.39, 0.29) is 0 Å². The first-order valence-electron chi connectivity index (χ1n) is 8.29. The maximum absolute atomic E-state index is 4.85. The first-order chi connectivity index (χ1) is 9.86. The van der Waals surface area contributed by atoms with Gasteiger partial charge in [-0.1, -0.05) is 19.3 Å². The van der Waals surface area contributed by atoms with Crippen molar-refractivity contribution in [2.24, 2.45) is 0 Å². The van der Waals surface area contributed by atoms with Crippen molar-refractivity contribution in [1.29, 1.82) is 0 Å². The van der Waals surface area contributed by atoms with Crippen molar-refractivity contribution >= 4 is 0 Å². The van der Waals surface area contributed by atoms with Gasteiger partial charge in [0, 0.05) is 25.3 Å². The zero-order valence-electron chi connectivity index (χ0n) is 12.7. The van der Waals surface area contributed by atoms with Gasteiger partial charge in [-0.25, -0.2) is 0 Å². The molecule has 0 bridgehead atoms. The highest BCUT2D eigenvalue weighted by atomic mass is 15.3. The predicted molar refractivity (Wildman–Crippen MR) is 81.7 cm³/mol. The molecule has 3 rings (SSSR count). The topological polar surface area (TPSA) is 33.1 Å². The smallest absolute Gasteiger partial charge is 0.0765 e. The minimum Gasteiger partial charge on any atom is -0.318 e. The maximum Gasteiger partial charge on any atom is 0.0765 e. The Labute approximate surface area is 122 Å². The fourth-order valence-corrected chi connectivity index (χ4v) is 3.79. The number of nitrogens with one attached hydrogen (secondary N) is 1. The number of rotatable bonds is 5. The molecule has 0 radical (unpaired) electrons. The van der Waals surface area contributed by atoms with Crippen LogP contribution in [0.5, 0.6) is 0 Å². The second kappa shape index (κ2) is 6.72. The fraction of sp³-hybridized carbons (Fsp3) is 0.812. The quantitative estimate of drug-likeness (QED) is 0.897. The van der Waals surface area contributed by atoms with Gasteiger partial charge in [0.25, 0.3) is 0 Å². The van der Waals surface area contributed by atoms with Crippen LogP contribution in [0.1, 0.15) is 56.7 Å². The van der Waals surface area contributed by atoms with Crippen molar-refractivity contribution in [3.63, 3.8) is 0 Å². The van der Waals surface area contributed by atoms with Gasteiger partial charge in [-0.15, -0.1) is 0 Å². The van der Waals surface area contributed by atoms with E-state index < -0.39 is 0 Å². The van der Waals surface area contributed by atoms with Crippen LogP contribution in [0.3, 0.4) is 0 Å². The highest BCUT2D eigenvalue weighted by molar-refractivity contribution is 5.01. The monoisotopic (exact) mass is 276 g/mol. The van der Waals surface area contributed by atoms with E-state index in [1.165, 1.54) is 57.2 Å². The van der Waals surface area contributed by atoms with Crippen LogP contribution in [0.15, 0.2) is 12.3 Å². The second-order valence-electron chi connectivity index (χ2n) is 6.40. The number of hydrogen-bond acceptors (Lipinski definition) is 3. The number of aromatic nitrogens is 2. The van der Waals surface area contributed by atoms with Crippen LogP contribution in [0.2, 0.25) is 0 Å². The summed E-state index contributed by atoms with van der Waals surface area (Å²) >= 11 is 0. The molecule has 1 aromatic heterocycles. The Morgan fingerprint density at radius 2 is 2.05 bits per heavy atom. The first kappa shape index (κ1) is 14.1. The zero-order valence-corrected chi connectivity index (χ0v) is 12.7. The average molecular weight is 276 g/mol. The molecular weight excluding hydrogens is 248 g/mol. The largest absolute Gasteiger partial charge is 0.318 e. The molecule has 1 aliphatic carbocycles. The molecule has 1 saturated heterocycles. The van der Waals surface area contributed by atoms with E-state index in [9.17, 15) is 0 Å². The van der Waals surface area contributed by atoms with Crippen molar-refractivity contribution in [2.75, 3.05) is 20.1 Å². The third kappa shape index (κ3) is 3.23. The molecule has 4 heteroatoms. The van der Waals surface area contributed by atoms with E-state index >= 15 is 0 Å². The summed E-state index contributed by atoms with van der Waals surface area (Å²) in [5.74, 6) is 0. The molecule has 4 nitrogen and oxygen atoms in total. The van der Waals surface area contributed by atoms with Crippen LogP contribution in [0, 0.1) is 0 Å². The normalized spacial score (nSPS) is 25.4. The average Bonchev–Trinajstić information content (AvgIpc) is 3.11. The molecule has 1 aromatic rings. The number of likely N-dealkylation sites (tertiary alicyclic amines) is 1. The SMILES string of the molecule is CNCC1CCCN1Cc1ccn(C2CCCCC2)n1. The van der Waals surface area contributed by atoms with E-state index in [0.29, 0.717) is 12.1 Å². The summed E-state index contributed by atoms with van der Waals surface area (Å²) in [6.07, 6.45) is 11.6. The Kier molecular flexibility index (Phi) is 4.73. The summed E-state index contributed by atoms with van der Waals surface area (Å²) in [5, 5.41) is 8.16. The van der Waals surface area contributed by atoms with Gasteiger partial charge in [-0.2, -0.15) is 5.10 Å². The number of nitrogens with zero attached hydrogens (tertiary/aromatic N) is 3. The van der Waals surface area contributed by atoms with Crippen LogP contribution in [-0.2, 0) is 6.54 Å². The molecule has 2 fully saturated rings. The second-order valence-corrected chi connectivity index (χ2v) is 6.40. The molecule has 1 aliphatic heterocycles. The maximum atomic E-state index is 4.85. The molecule has 0 amide bonds. The number of likely N-dealkylation sites (N-methyl/N-ethyl adjacent to an activating group) is 1. The summed E-state index contributed by atoms with van der Waals surface area (Å²) in [6.45, 7) is 3.35. The van der Waals surface area contributed by atoms with Crippen LogP contribution in [0.4, 0.5) is 0 Å². The van der Waals surface area contributed by atoms with Crippen molar-refractivity contribution in [2.45, 2.75) is 63.6 Å². The Balaban J connectivity index is 1.59. The van der Waals surface area contributed by atoms with Crippen molar-refractivity contribution in [3.05, 3.63) is 18.0 Å². The molecule has 20 heavy (non-hydrogen) atoms. The van der Waals surface area contributed by atoms with Gasteiger partial charge in [0.2, 0.25) is 0 Å². The van der Waals surface area contributed by atoms with Gasteiger partial charge < -0.3 is 5.32 Å². The zero-order chi connectivity index (χ0) is 13.8. The van der Waals surface area contributed by atoms with Crippen molar-refractivity contribution < 1.29 is 0 Å². The molecule has 0 spiro atoms. The third-order valence-electron chi connectivity index (χ3n) is 4.92. The molecule has 112 valence electrons. The lowest BCUT2D eigenvalue weighted by atomic mass is 9.96. The summed E-state index contributed by atoms with van der Waals surface area (Å²) in [4.78, 5) is 2.59. The lowest BCUT2D eigenvalue weighted by Gasteiger charge is -2.24. The van der Waals surface area contributed by atoms with Crippen molar-refractivity contribution in [3.8, 4) is 0 Å². The lowest BCUT2D eigenvalue weighted by molar-refractivity contribution is 0.237. The molecule has 0 aromatic carbocycles. The molecule has 2 aliphatic rings. The standard InChI is InChI=1S/C16H28N4/c1-17-12-16-8-5-10-19(16)13-14-9-11-20(18-14)15-6-3-2-4-7-15/h9,11,15-17H,2-8,10,12-13H2,1H3. The Hall–Kier alpha value is -0.870. The lowest BCUT2D eigenvalue weighted by Crippen LogP contribution is -2.36. The minimum atomic E-state index is 0.657. The fourth-order valence-electron chi connectivity index (χ4n) is 3.79. The van der Waals surface area contributed by atoms with Crippen LogP contribution in [0.25, 0.3) is 0 Å². The van der Waals surface area contributed by atoms with Crippen LogP contribution < -0.4 is 5.32 Å². The molecule has 1 saturated carbocycles. The van der Waals surface area contributed by atoms with E-state index in [0.717, 1.165) is 13.1 Å². The highest BCUT2D eigenvalue weighted by Crippen LogP contribution is 2.27. The number of hydrogen-bond donors (Lipinski definition) is 1. The van der Waals surface area contributed by atoms with E-state index in [4.69, 9.17) is 5.10 Å². The Morgan fingerprint density at radius 1 is 1.20 bits per heavy atom. The Morgan fingerprint density at radius 3 is 2.85 bits per heavy atom. The van der Waals surface area contributed by atoms with Gasteiger partial charge >= 0.3 is 0 Å². The summed E-state index contributed by atoms with van der Waals surface area (Å²) in [7, 11) is 2.05. The van der Waals surface area contributed by atoms with E-state index in [1.807, 2.05) is 7.05 Å². The van der Waals surface area contributed by atoms with Gasteiger partial charge in [0.15, 0.2) is 0 Å². The van der Waals surface area contributed by atoms with Crippen molar-refractivity contribution in [1.82, 2.24) is 20.0 Å². The first-order valence-corrected chi connectivity index (χ1v) is 8.29. The van der Waals surface area contributed by atoms with E-state index in [1.54, 1.807) is 0 Å². The summed E-state index contributed by atoms with van der Waals surface area (Å²) < 4.78 is 2.23. The van der Waals surface area contributed by atoms with Crippen LogP contribution >= 0.6 is 0 Å². The van der Waals surface area contributed by atoms with Gasteiger partial charge in [-0.05, 0) is 45.3 Å². The third-order valence-corrected chi connectivity index (χ3v) is 4.92. The minimum absolute atomic E-state index is 0.657. The van der Waals surface area contributed by atoms with Gasteiger partial charge in [0.05, 0.1) is 11.7 Å². The summed E-state index contributed by atoms with van der Waals surface area (Å²) in [6, 6.07) is 3.58.